The third-order valence-corrected chi connectivity index (χ3v) is 2.81. The molecule has 6 nitrogen and oxygen atoms in total. The molecule has 100 valence electrons. The summed E-state index contributed by atoms with van der Waals surface area (Å²) in [4.78, 5) is 35.1. The molecule has 2 rings (SSSR count). The van der Waals surface area contributed by atoms with Crippen molar-refractivity contribution in [1.82, 2.24) is 10.2 Å². The quantitative estimate of drug-likeness (QED) is 0.713. The molecule has 3 amide bonds. The minimum atomic E-state index is -0.695. The van der Waals surface area contributed by atoms with Crippen molar-refractivity contribution in [2.24, 2.45) is 5.73 Å². The molecular weight excluding hydrogens is 253 g/mol. The van der Waals surface area contributed by atoms with Crippen molar-refractivity contribution in [2.45, 2.75) is 6.54 Å². The minimum absolute atomic E-state index is 0.0306. The molecule has 1 aliphatic rings. The molecular formula is C12H12FN3O3. The Balaban J connectivity index is 2.27. The maximum atomic E-state index is 13.6. The van der Waals surface area contributed by atoms with Crippen LogP contribution in [-0.4, -0.2) is 35.7 Å². The van der Waals surface area contributed by atoms with E-state index in [0.29, 0.717) is 0 Å². The van der Waals surface area contributed by atoms with Crippen LogP contribution in [0.1, 0.15) is 15.9 Å². The molecule has 0 atom stereocenters. The molecule has 1 saturated heterocycles. The van der Waals surface area contributed by atoms with E-state index in [2.05, 4.69) is 5.32 Å². The second-order valence-corrected chi connectivity index (χ2v) is 4.15. The van der Waals surface area contributed by atoms with Gasteiger partial charge in [-0.05, 0) is 18.2 Å². The Hall–Kier alpha value is -2.28. The van der Waals surface area contributed by atoms with E-state index < -0.39 is 23.5 Å². The number of carbonyl (C=O) groups is 3. The maximum absolute atomic E-state index is 13.6. The number of rotatable bonds is 3. The largest absolute Gasteiger partial charge is 0.366 e. The standard InChI is InChI=1S/C12H12FN3O3/c13-9-2-1-7(12(14)19)3-8(9)6-16-10(17)4-15-5-11(16)18/h1-3,15H,4-6H2,(H2,14,19). The third kappa shape index (κ3) is 2.76. The first-order valence-corrected chi connectivity index (χ1v) is 5.61. The van der Waals surface area contributed by atoms with Crippen LogP contribution in [0.15, 0.2) is 18.2 Å². The summed E-state index contributed by atoms with van der Waals surface area (Å²) in [5.41, 5.74) is 5.32. The molecule has 1 aromatic carbocycles. The van der Waals surface area contributed by atoms with Gasteiger partial charge >= 0.3 is 0 Å². The summed E-state index contributed by atoms with van der Waals surface area (Å²) < 4.78 is 13.6. The Kier molecular flexibility index (Phi) is 3.57. The van der Waals surface area contributed by atoms with Crippen LogP contribution in [0.25, 0.3) is 0 Å². The SMILES string of the molecule is NC(=O)c1ccc(F)c(CN2C(=O)CNCC2=O)c1. The Morgan fingerprint density at radius 1 is 1.32 bits per heavy atom. The summed E-state index contributed by atoms with van der Waals surface area (Å²) in [7, 11) is 0. The van der Waals surface area contributed by atoms with Crippen molar-refractivity contribution in [2.75, 3.05) is 13.1 Å². The van der Waals surface area contributed by atoms with E-state index in [1.807, 2.05) is 0 Å². The molecule has 1 fully saturated rings. The first-order valence-electron chi connectivity index (χ1n) is 5.61. The molecule has 1 heterocycles. The minimum Gasteiger partial charge on any atom is -0.366 e. The van der Waals surface area contributed by atoms with Crippen LogP contribution in [0.4, 0.5) is 4.39 Å². The predicted molar refractivity (Wildman–Crippen MR) is 63.3 cm³/mol. The van der Waals surface area contributed by atoms with Crippen molar-refractivity contribution >= 4 is 17.7 Å². The lowest BCUT2D eigenvalue weighted by Gasteiger charge is -2.25. The molecule has 0 aliphatic carbocycles. The molecule has 0 aromatic heterocycles. The van der Waals surface area contributed by atoms with Crippen LogP contribution in [0, 0.1) is 5.82 Å². The number of primary amides is 1. The van der Waals surface area contributed by atoms with Gasteiger partial charge in [-0.25, -0.2) is 4.39 Å². The Labute approximate surface area is 108 Å². The van der Waals surface area contributed by atoms with E-state index in [-0.39, 0.29) is 30.8 Å². The number of halogens is 1. The zero-order valence-electron chi connectivity index (χ0n) is 9.98. The molecule has 0 saturated carbocycles. The molecule has 0 radical (unpaired) electrons. The van der Waals surface area contributed by atoms with E-state index in [4.69, 9.17) is 5.73 Å². The highest BCUT2D eigenvalue weighted by molar-refractivity contribution is 5.99. The number of hydrogen-bond donors (Lipinski definition) is 2. The lowest BCUT2D eigenvalue weighted by atomic mass is 10.1. The number of nitrogens with one attached hydrogen (secondary N) is 1. The van der Waals surface area contributed by atoms with E-state index in [9.17, 15) is 18.8 Å². The first-order chi connectivity index (χ1) is 8.99. The highest BCUT2D eigenvalue weighted by Crippen LogP contribution is 2.14. The average molecular weight is 265 g/mol. The molecule has 0 unspecified atom stereocenters. The number of nitrogens with two attached hydrogens (primary N) is 1. The number of carbonyl (C=O) groups excluding carboxylic acids is 3. The summed E-state index contributed by atoms with van der Waals surface area (Å²) in [6.45, 7) is -0.141. The molecule has 3 N–H and O–H groups in total. The maximum Gasteiger partial charge on any atom is 0.248 e. The van der Waals surface area contributed by atoms with Gasteiger partial charge in [0.15, 0.2) is 0 Å². The Morgan fingerprint density at radius 3 is 2.53 bits per heavy atom. The van der Waals surface area contributed by atoms with Gasteiger partial charge in [0.2, 0.25) is 17.7 Å². The van der Waals surface area contributed by atoms with Gasteiger partial charge in [0.25, 0.3) is 0 Å². The van der Waals surface area contributed by atoms with E-state index in [1.165, 1.54) is 12.1 Å². The zero-order chi connectivity index (χ0) is 14.0. The number of benzene rings is 1. The molecule has 7 heteroatoms. The van der Waals surface area contributed by atoms with Gasteiger partial charge in [-0.2, -0.15) is 0 Å². The van der Waals surface area contributed by atoms with Crippen LogP contribution >= 0.6 is 0 Å². The van der Waals surface area contributed by atoms with E-state index in [1.54, 1.807) is 0 Å². The smallest absolute Gasteiger partial charge is 0.248 e. The predicted octanol–water partition coefficient (Wildman–Crippen LogP) is -0.617. The lowest BCUT2D eigenvalue weighted by Crippen LogP contribution is -2.51. The fourth-order valence-electron chi connectivity index (χ4n) is 1.80. The van der Waals surface area contributed by atoms with Gasteiger partial charge < -0.3 is 5.73 Å². The molecule has 1 aliphatic heterocycles. The van der Waals surface area contributed by atoms with Crippen LogP contribution in [0.3, 0.4) is 0 Å². The lowest BCUT2D eigenvalue weighted by molar-refractivity contribution is -0.147. The number of amides is 3. The van der Waals surface area contributed by atoms with Crippen LogP contribution in [0.2, 0.25) is 0 Å². The van der Waals surface area contributed by atoms with Crippen LogP contribution < -0.4 is 11.1 Å². The molecule has 0 bridgehead atoms. The fourth-order valence-corrected chi connectivity index (χ4v) is 1.80. The highest BCUT2D eigenvalue weighted by atomic mass is 19.1. The van der Waals surface area contributed by atoms with Crippen molar-refractivity contribution in [3.05, 3.63) is 35.1 Å². The van der Waals surface area contributed by atoms with E-state index >= 15 is 0 Å². The zero-order valence-corrected chi connectivity index (χ0v) is 9.98. The highest BCUT2D eigenvalue weighted by Gasteiger charge is 2.26. The second-order valence-electron chi connectivity index (χ2n) is 4.15. The Morgan fingerprint density at radius 2 is 1.95 bits per heavy atom. The number of piperazine rings is 1. The van der Waals surface area contributed by atoms with Gasteiger partial charge in [0.05, 0.1) is 19.6 Å². The number of nitrogens with zero attached hydrogens (tertiary/aromatic N) is 1. The number of hydrogen-bond acceptors (Lipinski definition) is 4. The Bertz CT molecular complexity index is 543. The molecule has 1 aromatic rings. The van der Waals surface area contributed by atoms with Gasteiger partial charge in [0, 0.05) is 11.1 Å². The topological polar surface area (TPSA) is 92.5 Å². The van der Waals surface area contributed by atoms with Crippen LogP contribution in [-0.2, 0) is 16.1 Å². The number of imide groups is 1. The summed E-state index contributed by atoms with van der Waals surface area (Å²) in [6, 6.07) is 3.59. The summed E-state index contributed by atoms with van der Waals surface area (Å²) in [5, 5.41) is 2.64. The fraction of sp³-hybridized carbons (Fsp3) is 0.250. The van der Waals surface area contributed by atoms with E-state index in [0.717, 1.165) is 11.0 Å². The van der Waals surface area contributed by atoms with Gasteiger partial charge in [0.1, 0.15) is 5.82 Å². The van der Waals surface area contributed by atoms with Crippen LogP contribution in [0.5, 0.6) is 0 Å². The van der Waals surface area contributed by atoms with Gasteiger partial charge in [-0.15, -0.1) is 0 Å². The van der Waals surface area contributed by atoms with Gasteiger partial charge in [-0.3, -0.25) is 24.6 Å². The van der Waals surface area contributed by atoms with Gasteiger partial charge in [-0.1, -0.05) is 0 Å². The second kappa shape index (κ2) is 5.15. The van der Waals surface area contributed by atoms with Crippen molar-refractivity contribution < 1.29 is 18.8 Å². The summed E-state index contributed by atoms with van der Waals surface area (Å²) in [5.74, 6) is -2.15. The normalized spacial score (nSPS) is 15.7. The third-order valence-electron chi connectivity index (χ3n) is 2.81. The average Bonchev–Trinajstić information content (AvgIpc) is 2.35. The van der Waals surface area contributed by atoms with Crippen molar-refractivity contribution in [3.8, 4) is 0 Å². The first kappa shape index (κ1) is 13.2. The summed E-state index contributed by atoms with van der Waals surface area (Å²) >= 11 is 0. The summed E-state index contributed by atoms with van der Waals surface area (Å²) in [6.07, 6.45) is 0. The molecule has 0 spiro atoms. The molecule has 19 heavy (non-hydrogen) atoms. The monoisotopic (exact) mass is 265 g/mol. The van der Waals surface area contributed by atoms with Crippen molar-refractivity contribution in [3.63, 3.8) is 0 Å². The van der Waals surface area contributed by atoms with Crippen molar-refractivity contribution in [1.29, 1.82) is 0 Å².